The Bertz CT molecular complexity index is 978. The molecule has 1 aromatic carbocycles. The molecule has 1 aliphatic heterocycles. The van der Waals surface area contributed by atoms with Crippen molar-refractivity contribution >= 4 is 44.5 Å². The van der Waals surface area contributed by atoms with Crippen molar-refractivity contribution in [2.24, 2.45) is 4.99 Å². The number of fused-ring (bicyclic) bond motifs is 1. The average molecular weight is 495 g/mol. The summed E-state index contributed by atoms with van der Waals surface area (Å²) in [5, 5.41) is 13.2. The zero-order chi connectivity index (χ0) is 22.1. The quantitative estimate of drug-likeness (QED) is 0.511. The Balaban J connectivity index is 2.03. The highest BCUT2D eigenvalue weighted by Crippen LogP contribution is 2.38. The molecule has 8 heteroatoms. The van der Waals surface area contributed by atoms with Crippen LogP contribution in [0.25, 0.3) is 0 Å². The number of carbonyl (C=O) groups is 1. The van der Waals surface area contributed by atoms with Gasteiger partial charge in [0.05, 0.1) is 25.1 Å². The zero-order valence-electron chi connectivity index (χ0n) is 17.9. The molecule has 0 radical (unpaired) electrons. The minimum Gasteiger partial charge on any atom is -0.870 e. The van der Waals surface area contributed by atoms with Crippen LogP contribution < -0.4 is 14.7 Å². The fourth-order valence-corrected chi connectivity index (χ4v) is 5.06. The first-order chi connectivity index (χ1) is 14.1. The predicted octanol–water partition coefficient (Wildman–Crippen LogP) is 3.26. The number of nitrogens with zero attached hydrogens (tertiary/aromatic N) is 1. The van der Waals surface area contributed by atoms with Crippen LogP contribution in [0.2, 0.25) is 0 Å². The molecule has 0 aliphatic carbocycles. The normalized spacial score (nSPS) is 16.5. The topological polar surface area (TPSA) is 75.4 Å². The fraction of sp³-hybridized carbons (Fsp3) is 0.455. The van der Waals surface area contributed by atoms with Crippen LogP contribution >= 0.6 is 27.3 Å². The van der Waals surface area contributed by atoms with Crippen molar-refractivity contribution in [3.63, 3.8) is 0 Å². The first-order valence-electron chi connectivity index (χ1n) is 9.95. The second-order valence-corrected chi connectivity index (χ2v) is 10.3. The molecule has 162 valence electrons. The van der Waals surface area contributed by atoms with E-state index in [1.54, 1.807) is 12.1 Å². The number of carbonyl (C=O) groups excluding carboxylic acids is 1. The molecular formula is C22H27BrN2O4S. The highest BCUT2D eigenvalue weighted by atomic mass is 79.9. The maximum atomic E-state index is 13.0. The Kier molecular flexibility index (Phi) is 6.89. The van der Waals surface area contributed by atoms with E-state index in [1.165, 1.54) is 22.5 Å². The van der Waals surface area contributed by atoms with Crippen LogP contribution in [0.15, 0.2) is 21.6 Å². The van der Waals surface area contributed by atoms with Crippen LogP contribution in [-0.2, 0) is 17.7 Å². The van der Waals surface area contributed by atoms with Gasteiger partial charge >= 0.3 is 5.97 Å². The van der Waals surface area contributed by atoms with E-state index >= 15 is 0 Å². The van der Waals surface area contributed by atoms with E-state index in [0.29, 0.717) is 22.7 Å². The van der Waals surface area contributed by atoms with Crippen LogP contribution in [0.4, 0.5) is 5.00 Å². The number of ether oxygens (including phenoxy) is 2. The molecule has 2 aromatic rings. The lowest BCUT2D eigenvalue weighted by Crippen LogP contribution is -3.08. The smallest absolute Gasteiger partial charge is 0.342 e. The predicted molar refractivity (Wildman–Crippen MR) is 121 cm³/mol. The standard InChI is InChI=1S/C22H27BrN2O4S/c1-6-28-16-10-14(23)9-13(19(16)26)11-24-20-18(21(27)29-22(2,3)4)15-7-8-25(5)12-17(15)30-20/h9-11,26H,6-8,12H2,1-5H3/b24-11+. The molecule has 1 aromatic heterocycles. The van der Waals surface area contributed by atoms with Crippen LogP contribution in [0.1, 0.15) is 54.1 Å². The molecule has 0 amide bonds. The molecule has 0 saturated heterocycles. The number of halogens is 1. The molecule has 1 aliphatic rings. The van der Waals surface area contributed by atoms with E-state index in [4.69, 9.17) is 9.47 Å². The van der Waals surface area contributed by atoms with Gasteiger partial charge in [0.1, 0.15) is 28.5 Å². The van der Waals surface area contributed by atoms with Crippen molar-refractivity contribution in [1.29, 1.82) is 0 Å². The number of rotatable bonds is 5. The van der Waals surface area contributed by atoms with E-state index in [1.807, 2.05) is 27.7 Å². The maximum Gasteiger partial charge on any atom is 0.342 e. The second kappa shape index (κ2) is 9.08. The van der Waals surface area contributed by atoms with Crippen molar-refractivity contribution in [2.75, 3.05) is 20.2 Å². The molecule has 1 atom stereocenters. The summed E-state index contributed by atoms with van der Waals surface area (Å²) in [7, 11) is 2.14. The Morgan fingerprint density at radius 1 is 1.40 bits per heavy atom. The van der Waals surface area contributed by atoms with E-state index in [0.717, 1.165) is 34.4 Å². The van der Waals surface area contributed by atoms with Gasteiger partial charge in [0.25, 0.3) is 0 Å². The van der Waals surface area contributed by atoms with Crippen molar-refractivity contribution in [3.8, 4) is 11.5 Å². The summed E-state index contributed by atoms with van der Waals surface area (Å²) < 4.78 is 11.8. The highest BCUT2D eigenvalue weighted by Gasteiger charge is 2.31. The molecule has 6 nitrogen and oxygen atoms in total. The van der Waals surface area contributed by atoms with Gasteiger partial charge in [-0.25, -0.2) is 9.79 Å². The number of benzene rings is 1. The van der Waals surface area contributed by atoms with E-state index in [9.17, 15) is 9.90 Å². The van der Waals surface area contributed by atoms with Crippen LogP contribution in [0.5, 0.6) is 11.5 Å². The Morgan fingerprint density at radius 3 is 2.80 bits per heavy atom. The monoisotopic (exact) mass is 494 g/mol. The van der Waals surface area contributed by atoms with Crippen molar-refractivity contribution in [3.05, 3.63) is 38.2 Å². The number of nitrogens with one attached hydrogen (secondary N) is 1. The fourth-order valence-electron chi connectivity index (χ4n) is 3.31. The summed E-state index contributed by atoms with van der Waals surface area (Å²) in [6.45, 7) is 9.59. The molecule has 30 heavy (non-hydrogen) atoms. The summed E-state index contributed by atoms with van der Waals surface area (Å²) in [6, 6.07) is 3.35. The van der Waals surface area contributed by atoms with Gasteiger partial charge in [-0.15, -0.1) is 11.3 Å². The number of esters is 1. The van der Waals surface area contributed by atoms with Gasteiger partial charge in [0.15, 0.2) is 0 Å². The van der Waals surface area contributed by atoms with E-state index in [-0.39, 0.29) is 17.5 Å². The number of hydrogen-bond acceptors (Lipinski definition) is 6. The van der Waals surface area contributed by atoms with Gasteiger partial charge in [0.2, 0.25) is 0 Å². The number of quaternary nitrogens is 1. The number of hydrogen-bond donors (Lipinski definition) is 1. The lowest BCUT2D eigenvalue weighted by Gasteiger charge is -2.22. The largest absolute Gasteiger partial charge is 0.870 e. The highest BCUT2D eigenvalue weighted by molar-refractivity contribution is 9.10. The minimum absolute atomic E-state index is 0.229. The van der Waals surface area contributed by atoms with Gasteiger partial charge in [-0.05, 0) is 51.0 Å². The average Bonchev–Trinajstić information content (AvgIpc) is 2.99. The molecular weight excluding hydrogens is 468 g/mol. The van der Waals surface area contributed by atoms with Gasteiger partial charge < -0.3 is 19.5 Å². The van der Waals surface area contributed by atoms with Gasteiger partial charge in [-0.3, -0.25) is 0 Å². The lowest BCUT2D eigenvalue weighted by molar-refractivity contribution is -0.895. The third-order valence-electron chi connectivity index (χ3n) is 4.61. The summed E-state index contributed by atoms with van der Waals surface area (Å²) in [5.41, 5.74) is 1.36. The van der Waals surface area contributed by atoms with Crippen molar-refractivity contribution in [2.45, 2.75) is 46.3 Å². The van der Waals surface area contributed by atoms with Crippen LogP contribution in [0, 0.1) is 0 Å². The van der Waals surface area contributed by atoms with Gasteiger partial charge in [0, 0.05) is 17.1 Å². The Labute approximate surface area is 189 Å². The molecule has 3 rings (SSSR count). The summed E-state index contributed by atoms with van der Waals surface area (Å²) >= 11 is 4.91. The maximum absolute atomic E-state index is 13.0. The molecule has 2 heterocycles. The first-order valence-corrected chi connectivity index (χ1v) is 11.6. The molecule has 1 unspecified atom stereocenters. The van der Waals surface area contributed by atoms with Crippen LogP contribution in [0.3, 0.4) is 0 Å². The van der Waals surface area contributed by atoms with Crippen molar-refractivity contribution in [1.82, 2.24) is 0 Å². The molecule has 1 N–H and O–H groups in total. The zero-order valence-corrected chi connectivity index (χ0v) is 20.3. The summed E-state index contributed by atoms with van der Waals surface area (Å²) in [6.07, 6.45) is 2.32. The Hall–Kier alpha value is -1.90. The molecule has 0 fully saturated rings. The van der Waals surface area contributed by atoms with E-state index < -0.39 is 5.60 Å². The van der Waals surface area contributed by atoms with Crippen LogP contribution in [-0.4, -0.2) is 38.0 Å². The number of thiophene rings is 1. The second-order valence-electron chi connectivity index (χ2n) is 8.33. The van der Waals surface area contributed by atoms with Crippen molar-refractivity contribution < 1.29 is 24.3 Å². The number of likely N-dealkylation sites (N-methyl/N-ethyl adjacent to an activating group) is 1. The third kappa shape index (κ3) is 5.22. The minimum atomic E-state index is -0.595. The van der Waals surface area contributed by atoms with E-state index in [2.05, 4.69) is 28.0 Å². The third-order valence-corrected chi connectivity index (χ3v) is 6.21. The SMILES string of the molecule is CCOc1cc(Br)cc(/C=N/c2sc3c(c2C(=O)OC(C)(C)C)CC[NH+](C)C3)c1[O-]. The molecule has 0 bridgehead atoms. The summed E-state index contributed by atoms with van der Waals surface area (Å²) in [4.78, 5) is 20.1. The molecule has 0 spiro atoms. The number of aliphatic imine (C=N–C) groups is 1. The molecule has 0 saturated carbocycles. The first kappa shape index (κ1) is 22.8. The lowest BCUT2D eigenvalue weighted by atomic mass is 10.0. The Morgan fingerprint density at radius 2 is 2.13 bits per heavy atom. The van der Waals surface area contributed by atoms with Gasteiger partial charge in [-0.2, -0.15) is 0 Å². The van der Waals surface area contributed by atoms with Gasteiger partial charge in [-0.1, -0.05) is 21.7 Å². The summed E-state index contributed by atoms with van der Waals surface area (Å²) in [5.74, 6) is -0.317.